The zero-order chi connectivity index (χ0) is 38.9. The standard InChI is InChI=1S/C55H37N3O/c1-4-13-36(14-5-1)40-27-30-45-46-31-28-41(37-15-6-2-7-16-37)34-51(46)57(50(45)33-40)43-29-32-47-53(35-43)59-52-22-12-19-44(54(47)52)38-23-25-39(26-24-38)55-56-48-20-10-11-21-49(48)58(55)42-17-8-3-9-18-42/h1,3-6,8-35H,2,7H2. The lowest BCUT2D eigenvalue weighted by Crippen LogP contribution is -1.97. The molecule has 3 heterocycles. The molecule has 59 heavy (non-hydrogen) atoms. The number of aromatic nitrogens is 3. The van der Waals surface area contributed by atoms with Crippen LogP contribution >= 0.6 is 0 Å². The summed E-state index contributed by atoms with van der Waals surface area (Å²) in [5.41, 5.74) is 16.5. The third-order valence-corrected chi connectivity index (χ3v) is 12.0. The number of benzene rings is 8. The van der Waals surface area contributed by atoms with E-state index in [4.69, 9.17) is 9.40 Å². The number of hydrogen-bond donors (Lipinski definition) is 0. The second kappa shape index (κ2) is 13.5. The second-order valence-electron chi connectivity index (χ2n) is 15.4. The van der Waals surface area contributed by atoms with E-state index >= 15 is 0 Å². The fourth-order valence-electron chi connectivity index (χ4n) is 9.16. The molecule has 12 rings (SSSR count). The zero-order valence-corrected chi connectivity index (χ0v) is 32.2. The summed E-state index contributed by atoms with van der Waals surface area (Å²) in [6, 6.07) is 65.1. The highest BCUT2D eigenvalue weighted by molar-refractivity contribution is 6.14. The Morgan fingerprint density at radius 3 is 1.93 bits per heavy atom. The van der Waals surface area contributed by atoms with Gasteiger partial charge in [-0.3, -0.25) is 4.57 Å². The number of furan rings is 1. The minimum absolute atomic E-state index is 0.862. The van der Waals surface area contributed by atoms with Gasteiger partial charge in [-0.15, -0.1) is 0 Å². The van der Waals surface area contributed by atoms with Gasteiger partial charge in [0.1, 0.15) is 17.0 Å². The summed E-state index contributed by atoms with van der Waals surface area (Å²) >= 11 is 0. The van der Waals surface area contributed by atoms with Gasteiger partial charge in [0, 0.05) is 44.5 Å². The molecular formula is C55H37N3O. The van der Waals surface area contributed by atoms with Gasteiger partial charge in [-0.05, 0) is 101 Å². The van der Waals surface area contributed by atoms with E-state index in [1.165, 1.54) is 44.1 Å². The van der Waals surface area contributed by atoms with Crippen LogP contribution in [0.15, 0.2) is 205 Å². The number of nitrogens with zero attached hydrogens (tertiary/aromatic N) is 3. The van der Waals surface area contributed by atoms with Gasteiger partial charge in [0.05, 0.1) is 22.1 Å². The fourth-order valence-corrected chi connectivity index (χ4v) is 9.16. The van der Waals surface area contributed by atoms with E-state index in [-0.39, 0.29) is 0 Å². The van der Waals surface area contributed by atoms with Crippen molar-refractivity contribution in [3.8, 4) is 45.0 Å². The summed E-state index contributed by atoms with van der Waals surface area (Å²) in [5, 5.41) is 4.68. The SMILES string of the molecule is C1=CC(c2ccc3c4ccc(-c5ccccc5)cc4n(-c4ccc5c(c4)oc4cccc(-c6ccc(-c7nc8ccccc8n7-c7ccccc7)cc6)c45)c3c2)=CCC1. The van der Waals surface area contributed by atoms with Crippen molar-refractivity contribution < 1.29 is 4.42 Å². The van der Waals surface area contributed by atoms with Crippen molar-refractivity contribution in [3.05, 3.63) is 206 Å². The average molecular weight is 756 g/mol. The fraction of sp³-hybridized carbons (Fsp3) is 0.0364. The van der Waals surface area contributed by atoms with Crippen LogP contribution in [0.4, 0.5) is 0 Å². The number of rotatable bonds is 6. The molecule has 0 bridgehead atoms. The molecule has 0 aliphatic heterocycles. The topological polar surface area (TPSA) is 35.9 Å². The number of allylic oxidation sites excluding steroid dienone is 4. The molecular weight excluding hydrogens is 719 g/mol. The molecule has 11 aromatic rings. The Labute approximate surface area is 341 Å². The van der Waals surface area contributed by atoms with Crippen LogP contribution in [0.3, 0.4) is 0 Å². The molecule has 4 nitrogen and oxygen atoms in total. The molecule has 0 N–H and O–H groups in total. The monoisotopic (exact) mass is 755 g/mol. The van der Waals surface area contributed by atoms with E-state index in [0.717, 1.165) is 79.7 Å². The highest BCUT2D eigenvalue weighted by Crippen LogP contribution is 2.41. The van der Waals surface area contributed by atoms with E-state index in [2.05, 4.69) is 197 Å². The lowest BCUT2D eigenvalue weighted by atomic mass is 9.98. The Balaban J connectivity index is 0.993. The van der Waals surface area contributed by atoms with E-state index in [1.807, 2.05) is 12.1 Å². The Morgan fingerprint density at radius 2 is 1.14 bits per heavy atom. The van der Waals surface area contributed by atoms with Crippen LogP contribution in [-0.4, -0.2) is 14.1 Å². The summed E-state index contributed by atoms with van der Waals surface area (Å²) in [6.07, 6.45) is 9.06. The van der Waals surface area contributed by atoms with Crippen molar-refractivity contribution in [1.29, 1.82) is 0 Å². The average Bonchev–Trinajstić information content (AvgIpc) is 3.99. The molecule has 0 saturated carbocycles. The van der Waals surface area contributed by atoms with Crippen molar-refractivity contribution in [3.63, 3.8) is 0 Å². The van der Waals surface area contributed by atoms with E-state index in [9.17, 15) is 0 Å². The molecule has 0 radical (unpaired) electrons. The molecule has 0 amide bonds. The van der Waals surface area contributed by atoms with Crippen molar-refractivity contribution >= 4 is 60.4 Å². The van der Waals surface area contributed by atoms with Crippen molar-refractivity contribution in [2.45, 2.75) is 12.8 Å². The first-order chi connectivity index (χ1) is 29.2. The van der Waals surface area contributed by atoms with Gasteiger partial charge in [-0.2, -0.15) is 0 Å². The summed E-state index contributed by atoms with van der Waals surface area (Å²) in [5.74, 6) is 0.920. The van der Waals surface area contributed by atoms with Crippen LogP contribution in [0.25, 0.3) is 105 Å². The normalized spacial score (nSPS) is 13.0. The minimum Gasteiger partial charge on any atom is -0.456 e. The summed E-state index contributed by atoms with van der Waals surface area (Å²) < 4.78 is 11.4. The van der Waals surface area contributed by atoms with Gasteiger partial charge in [0.15, 0.2) is 0 Å². The lowest BCUT2D eigenvalue weighted by Gasteiger charge is -2.11. The number of para-hydroxylation sites is 3. The molecule has 1 aliphatic rings. The molecule has 8 aromatic carbocycles. The summed E-state index contributed by atoms with van der Waals surface area (Å²) in [6.45, 7) is 0. The van der Waals surface area contributed by atoms with Gasteiger partial charge in [-0.25, -0.2) is 4.98 Å². The van der Waals surface area contributed by atoms with Gasteiger partial charge in [-0.1, -0.05) is 140 Å². The van der Waals surface area contributed by atoms with Crippen molar-refractivity contribution in [2.24, 2.45) is 0 Å². The van der Waals surface area contributed by atoms with E-state index < -0.39 is 0 Å². The molecule has 1 aliphatic carbocycles. The van der Waals surface area contributed by atoms with Crippen LogP contribution in [-0.2, 0) is 0 Å². The van der Waals surface area contributed by atoms with Gasteiger partial charge < -0.3 is 8.98 Å². The number of hydrogen-bond acceptors (Lipinski definition) is 2. The number of fused-ring (bicyclic) bond motifs is 7. The molecule has 278 valence electrons. The predicted molar refractivity (Wildman–Crippen MR) is 245 cm³/mol. The molecule has 0 spiro atoms. The zero-order valence-electron chi connectivity index (χ0n) is 32.2. The Bertz CT molecular complexity index is 3470. The quantitative estimate of drug-likeness (QED) is 0.169. The van der Waals surface area contributed by atoms with E-state index in [0.29, 0.717) is 0 Å². The first-order valence-electron chi connectivity index (χ1n) is 20.4. The Hall–Kier alpha value is -7.69. The van der Waals surface area contributed by atoms with Crippen molar-refractivity contribution in [2.75, 3.05) is 0 Å². The third kappa shape index (κ3) is 5.49. The van der Waals surface area contributed by atoms with Crippen LogP contribution in [0, 0.1) is 0 Å². The molecule has 0 unspecified atom stereocenters. The number of imidazole rings is 1. The minimum atomic E-state index is 0.862. The smallest absolute Gasteiger partial charge is 0.145 e. The van der Waals surface area contributed by atoms with Crippen LogP contribution in [0.2, 0.25) is 0 Å². The van der Waals surface area contributed by atoms with Crippen molar-refractivity contribution in [1.82, 2.24) is 14.1 Å². The van der Waals surface area contributed by atoms with E-state index in [1.54, 1.807) is 0 Å². The largest absolute Gasteiger partial charge is 0.456 e. The maximum Gasteiger partial charge on any atom is 0.145 e. The van der Waals surface area contributed by atoms with Gasteiger partial charge >= 0.3 is 0 Å². The van der Waals surface area contributed by atoms with Gasteiger partial charge in [0.25, 0.3) is 0 Å². The third-order valence-electron chi connectivity index (χ3n) is 12.0. The molecule has 3 aromatic heterocycles. The first-order valence-corrected chi connectivity index (χ1v) is 20.4. The van der Waals surface area contributed by atoms with Crippen LogP contribution in [0.5, 0.6) is 0 Å². The first kappa shape index (κ1) is 33.4. The second-order valence-corrected chi connectivity index (χ2v) is 15.4. The molecule has 4 heteroatoms. The summed E-state index contributed by atoms with van der Waals surface area (Å²) in [4.78, 5) is 5.10. The summed E-state index contributed by atoms with van der Waals surface area (Å²) in [7, 11) is 0. The Kier molecular flexibility index (Phi) is 7.63. The van der Waals surface area contributed by atoms with Crippen LogP contribution in [0.1, 0.15) is 18.4 Å². The maximum atomic E-state index is 6.74. The highest BCUT2D eigenvalue weighted by atomic mass is 16.3. The maximum absolute atomic E-state index is 6.74. The molecule has 0 saturated heterocycles. The lowest BCUT2D eigenvalue weighted by molar-refractivity contribution is 0.668. The molecule has 0 atom stereocenters. The van der Waals surface area contributed by atoms with Gasteiger partial charge in [0.2, 0.25) is 0 Å². The Morgan fingerprint density at radius 1 is 0.441 bits per heavy atom. The predicted octanol–water partition coefficient (Wildman–Crippen LogP) is 14.8. The molecule has 0 fully saturated rings. The highest BCUT2D eigenvalue weighted by Gasteiger charge is 2.19. The van der Waals surface area contributed by atoms with Crippen LogP contribution < -0.4 is 0 Å².